The third-order valence-electron chi connectivity index (χ3n) is 2.74. The van der Waals surface area contributed by atoms with Crippen molar-refractivity contribution in [3.05, 3.63) is 39.3 Å². The summed E-state index contributed by atoms with van der Waals surface area (Å²) in [4.78, 5) is 23.9. The monoisotopic (exact) mass is 380 g/mol. The van der Waals surface area contributed by atoms with Gasteiger partial charge in [-0.1, -0.05) is 5.11 Å². The number of amides is 1. The van der Waals surface area contributed by atoms with Crippen LogP contribution in [0.3, 0.4) is 0 Å². The fourth-order valence-electron chi connectivity index (χ4n) is 1.66. The summed E-state index contributed by atoms with van der Waals surface area (Å²) >= 11 is 0. The predicted molar refractivity (Wildman–Crippen MR) is 76.7 cm³/mol. The van der Waals surface area contributed by atoms with Crippen LogP contribution in [0.4, 0.5) is 23.2 Å². The first-order valence-electron chi connectivity index (χ1n) is 6.87. The van der Waals surface area contributed by atoms with Crippen molar-refractivity contribution in [2.45, 2.75) is 0 Å². The normalized spacial score (nSPS) is 10.3. The lowest BCUT2D eigenvalue weighted by Crippen LogP contribution is -2.30. The second kappa shape index (κ2) is 10.2. The molecule has 0 aliphatic carbocycles. The molecule has 0 fully saturated rings. The van der Waals surface area contributed by atoms with Gasteiger partial charge in [0, 0.05) is 11.5 Å². The topological polar surface area (TPSA) is 134 Å². The SMILES string of the molecule is [N-]=[N+]=Nc1c(F)c(F)c(C(=O)NCCOCCOCC(=O)O)c(F)c1F. The van der Waals surface area contributed by atoms with Gasteiger partial charge in [-0.15, -0.1) is 0 Å². The van der Waals surface area contributed by atoms with Crippen LogP contribution in [0.5, 0.6) is 0 Å². The molecule has 0 atom stereocenters. The molecule has 13 heteroatoms. The molecule has 0 unspecified atom stereocenters. The highest BCUT2D eigenvalue weighted by atomic mass is 19.2. The second-order valence-electron chi connectivity index (χ2n) is 4.48. The van der Waals surface area contributed by atoms with Crippen molar-refractivity contribution in [1.82, 2.24) is 5.32 Å². The number of hydrogen-bond acceptors (Lipinski definition) is 5. The largest absolute Gasteiger partial charge is 0.480 e. The van der Waals surface area contributed by atoms with Gasteiger partial charge in [0.15, 0.2) is 23.3 Å². The first-order chi connectivity index (χ1) is 12.3. The summed E-state index contributed by atoms with van der Waals surface area (Å²) in [5.41, 5.74) is 5.09. The minimum Gasteiger partial charge on any atom is -0.480 e. The molecule has 0 heterocycles. The quantitative estimate of drug-likeness (QED) is 0.160. The summed E-state index contributed by atoms with van der Waals surface area (Å²) in [6, 6.07) is 0. The predicted octanol–water partition coefficient (Wildman–Crippen LogP) is 2.03. The van der Waals surface area contributed by atoms with E-state index in [-0.39, 0.29) is 26.4 Å². The van der Waals surface area contributed by atoms with Crippen LogP contribution in [-0.4, -0.2) is 50.0 Å². The molecule has 142 valence electrons. The number of aliphatic carboxylic acids is 1. The number of nitrogens with zero attached hydrogens (tertiary/aromatic N) is 3. The zero-order valence-corrected chi connectivity index (χ0v) is 13.0. The molecule has 0 aliphatic heterocycles. The van der Waals surface area contributed by atoms with Gasteiger partial charge in [0.05, 0.1) is 19.8 Å². The number of carboxylic acid groups (broad SMARTS) is 1. The maximum absolute atomic E-state index is 13.7. The van der Waals surface area contributed by atoms with E-state index in [1.165, 1.54) is 0 Å². The number of carbonyl (C=O) groups excluding carboxylic acids is 1. The first-order valence-corrected chi connectivity index (χ1v) is 6.87. The van der Waals surface area contributed by atoms with E-state index in [4.69, 9.17) is 15.4 Å². The molecule has 2 N–H and O–H groups in total. The van der Waals surface area contributed by atoms with Gasteiger partial charge in [-0.3, -0.25) is 4.79 Å². The maximum atomic E-state index is 13.7. The number of halogens is 4. The summed E-state index contributed by atoms with van der Waals surface area (Å²) in [5.74, 6) is -10.6. The second-order valence-corrected chi connectivity index (χ2v) is 4.48. The Balaban J connectivity index is 2.61. The van der Waals surface area contributed by atoms with E-state index in [0.717, 1.165) is 0 Å². The van der Waals surface area contributed by atoms with E-state index < -0.39 is 53.0 Å². The number of carboxylic acids is 1. The lowest BCUT2D eigenvalue weighted by atomic mass is 10.1. The molecule has 26 heavy (non-hydrogen) atoms. The smallest absolute Gasteiger partial charge is 0.329 e. The minimum absolute atomic E-state index is 0.0179. The van der Waals surface area contributed by atoms with Crippen LogP contribution in [0.2, 0.25) is 0 Å². The van der Waals surface area contributed by atoms with Crippen molar-refractivity contribution in [3.63, 3.8) is 0 Å². The number of azide groups is 1. The van der Waals surface area contributed by atoms with Crippen molar-refractivity contribution in [3.8, 4) is 0 Å². The van der Waals surface area contributed by atoms with E-state index in [0.29, 0.717) is 0 Å². The Morgan fingerprint density at radius 1 is 1.04 bits per heavy atom. The van der Waals surface area contributed by atoms with Crippen LogP contribution < -0.4 is 5.32 Å². The zero-order valence-electron chi connectivity index (χ0n) is 13.0. The summed E-state index contributed by atoms with van der Waals surface area (Å²) < 4.78 is 64.2. The molecule has 0 bridgehead atoms. The van der Waals surface area contributed by atoms with Crippen molar-refractivity contribution >= 4 is 17.6 Å². The molecule has 1 amide bonds. The Labute approximate surface area is 143 Å². The van der Waals surface area contributed by atoms with Gasteiger partial charge in [0.1, 0.15) is 17.9 Å². The van der Waals surface area contributed by atoms with Crippen molar-refractivity contribution in [2.75, 3.05) is 33.0 Å². The van der Waals surface area contributed by atoms with Gasteiger partial charge < -0.3 is 19.9 Å². The number of ether oxygens (including phenoxy) is 2. The first kappa shape index (κ1) is 21.2. The summed E-state index contributed by atoms with van der Waals surface area (Å²) in [6.07, 6.45) is 0. The zero-order chi connectivity index (χ0) is 19.7. The third kappa shape index (κ3) is 5.58. The van der Waals surface area contributed by atoms with Gasteiger partial charge in [0.2, 0.25) is 0 Å². The molecular formula is C13H12F4N4O5. The number of benzene rings is 1. The maximum Gasteiger partial charge on any atom is 0.329 e. The summed E-state index contributed by atoms with van der Waals surface area (Å²) in [7, 11) is 0. The molecule has 0 saturated carbocycles. The number of nitrogens with one attached hydrogen (secondary N) is 1. The lowest BCUT2D eigenvalue weighted by molar-refractivity contribution is -0.142. The number of hydrogen-bond donors (Lipinski definition) is 2. The lowest BCUT2D eigenvalue weighted by Gasteiger charge is -2.10. The molecule has 9 nitrogen and oxygen atoms in total. The highest BCUT2D eigenvalue weighted by Gasteiger charge is 2.28. The van der Waals surface area contributed by atoms with Crippen molar-refractivity contribution < 1.29 is 41.7 Å². The van der Waals surface area contributed by atoms with Crippen LogP contribution in [0, 0.1) is 23.3 Å². The Morgan fingerprint density at radius 3 is 2.15 bits per heavy atom. The summed E-state index contributed by atoms with van der Waals surface area (Å²) in [5, 5.41) is 12.8. The molecule has 1 aromatic carbocycles. The Kier molecular flexibility index (Phi) is 8.28. The molecule has 0 radical (unpaired) electrons. The van der Waals surface area contributed by atoms with E-state index in [9.17, 15) is 27.2 Å². The third-order valence-corrected chi connectivity index (χ3v) is 2.74. The Bertz CT molecular complexity index is 711. The fraction of sp³-hybridized carbons (Fsp3) is 0.385. The number of carbonyl (C=O) groups is 2. The van der Waals surface area contributed by atoms with E-state index >= 15 is 0 Å². The summed E-state index contributed by atoms with van der Waals surface area (Å²) in [6.45, 7) is -0.983. The van der Waals surface area contributed by atoms with Gasteiger partial charge in [0.25, 0.3) is 5.91 Å². The molecule has 0 aliphatic rings. The van der Waals surface area contributed by atoms with Crippen molar-refractivity contribution in [1.29, 1.82) is 0 Å². The van der Waals surface area contributed by atoms with Crippen LogP contribution in [0.15, 0.2) is 5.11 Å². The van der Waals surface area contributed by atoms with Gasteiger partial charge in [-0.25, -0.2) is 22.4 Å². The van der Waals surface area contributed by atoms with Crippen LogP contribution in [0.25, 0.3) is 10.4 Å². The molecule has 1 aromatic rings. The van der Waals surface area contributed by atoms with E-state index in [1.807, 2.05) is 10.2 Å². The average Bonchev–Trinajstić information content (AvgIpc) is 2.59. The molecule has 0 spiro atoms. The van der Waals surface area contributed by atoms with E-state index in [1.54, 1.807) is 0 Å². The molecular weight excluding hydrogens is 368 g/mol. The molecule has 0 saturated heterocycles. The fourth-order valence-corrected chi connectivity index (χ4v) is 1.66. The standard InChI is InChI=1S/C13H12F4N4O5/c14-8-7(9(15)11(17)12(10(8)16)20-21-18)13(24)19-1-2-25-3-4-26-5-6(22)23/h1-5H2,(H,19,24)(H,22,23). The van der Waals surface area contributed by atoms with Crippen molar-refractivity contribution in [2.24, 2.45) is 5.11 Å². The van der Waals surface area contributed by atoms with Gasteiger partial charge in [-0.05, 0) is 5.53 Å². The molecule has 1 rings (SSSR count). The minimum atomic E-state index is -2.01. The highest BCUT2D eigenvalue weighted by molar-refractivity contribution is 5.95. The average molecular weight is 380 g/mol. The van der Waals surface area contributed by atoms with Crippen LogP contribution in [0.1, 0.15) is 10.4 Å². The molecule has 0 aromatic heterocycles. The van der Waals surface area contributed by atoms with E-state index in [2.05, 4.69) is 9.85 Å². The highest BCUT2D eigenvalue weighted by Crippen LogP contribution is 2.30. The van der Waals surface area contributed by atoms with Crippen LogP contribution >= 0.6 is 0 Å². The number of rotatable bonds is 10. The van der Waals surface area contributed by atoms with Gasteiger partial charge >= 0.3 is 5.97 Å². The Morgan fingerprint density at radius 2 is 1.62 bits per heavy atom. The van der Waals surface area contributed by atoms with Gasteiger partial charge in [-0.2, -0.15) is 0 Å². The van der Waals surface area contributed by atoms with Crippen LogP contribution in [-0.2, 0) is 14.3 Å². The Hall–Kier alpha value is -2.89.